The molecule has 3 heterocycles. The number of aliphatic hydroxyl groups excluding tert-OH is 1. The Hall–Kier alpha value is -2.41. The van der Waals surface area contributed by atoms with E-state index in [1.807, 2.05) is 24.3 Å². The molecule has 3 aromatic rings. The van der Waals surface area contributed by atoms with Crippen molar-refractivity contribution in [2.45, 2.75) is 30.8 Å². The molecule has 6 rings (SSSR count). The van der Waals surface area contributed by atoms with Crippen LogP contribution in [0.2, 0.25) is 0 Å². The monoisotopic (exact) mass is 435 g/mol. The van der Waals surface area contributed by atoms with Crippen LogP contribution in [0.5, 0.6) is 5.75 Å². The van der Waals surface area contributed by atoms with Crippen LogP contribution in [-0.2, 0) is 12.0 Å². The molecule has 1 saturated heterocycles. The zero-order valence-corrected chi connectivity index (χ0v) is 18.5. The number of rotatable bonds is 6. The van der Waals surface area contributed by atoms with Crippen LogP contribution in [0.1, 0.15) is 35.7 Å². The summed E-state index contributed by atoms with van der Waals surface area (Å²) in [6.45, 7) is 4.51. The van der Waals surface area contributed by atoms with Crippen molar-refractivity contribution in [3.63, 3.8) is 0 Å². The molecule has 2 fully saturated rings. The Kier molecular flexibility index (Phi) is 4.79. The van der Waals surface area contributed by atoms with Gasteiger partial charge in [-0.1, -0.05) is 18.2 Å². The van der Waals surface area contributed by atoms with E-state index in [2.05, 4.69) is 20.9 Å². The van der Waals surface area contributed by atoms with Gasteiger partial charge in [-0.25, -0.2) is 4.39 Å². The largest absolute Gasteiger partial charge is 0.497 e. The van der Waals surface area contributed by atoms with E-state index < -0.39 is 0 Å². The molecule has 6 heteroatoms. The number of ether oxygens (including phenoxy) is 1. The number of likely N-dealkylation sites (tertiary alicyclic amines) is 1. The number of aromatic amines is 1. The number of benzene rings is 2. The number of fused-ring (bicyclic) bond motifs is 4. The van der Waals surface area contributed by atoms with Crippen molar-refractivity contribution in [3.8, 4) is 5.75 Å². The summed E-state index contributed by atoms with van der Waals surface area (Å²) in [7, 11) is 1.68. The number of methoxy groups -OCH3 is 1. The Balaban J connectivity index is 1.42. The maximum Gasteiger partial charge on any atom is 0.127 e. The van der Waals surface area contributed by atoms with Gasteiger partial charge >= 0.3 is 0 Å². The van der Waals surface area contributed by atoms with E-state index in [1.54, 1.807) is 13.2 Å². The smallest absolute Gasteiger partial charge is 0.127 e. The van der Waals surface area contributed by atoms with E-state index in [9.17, 15) is 9.50 Å². The lowest BCUT2D eigenvalue weighted by molar-refractivity contribution is -0.0102. The summed E-state index contributed by atoms with van der Waals surface area (Å²) in [4.78, 5) is 8.46. The van der Waals surface area contributed by atoms with Crippen LogP contribution in [0, 0.1) is 11.7 Å². The lowest BCUT2D eigenvalue weighted by Gasteiger charge is -2.56. The first kappa shape index (κ1) is 20.2. The van der Waals surface area contributed by atoms with Gasteiger partial charge in [0, 0.05) is 66.4 Å². The van der Waals surface area contributed by atoms with Gasteiger partial charge in [0.15, 0.2) is 0 Å². The second kappa shape index (κ2) is 7.58. The molecule has 1 aromatic heterocycles. The van der Waals surface area contributed by atoms with Gasteiger partial charge in [-0.3, -0.25) is 4.90 Å². The fraction of sp³-hybridized carbons (Fsp3) is 0.462. The SMILES string of the molecule is COc1ccc2c3c([nH]c2c1)[C@@H](CO)N(Cc1ccccc1F)CC31CN(CC2CC2)C1. The van der Waals surface area contributed by atoms with Crippen LogP contribution in [-0.4, -0.2) is 59.8 Å². The molecule has 1 atom stereocenters. The van der Waals surface area contributed by atoms with E-state index >= 15 is 0 Å². The molecule has 2 N–H and O–H groups in total. The summed E-state index contributed by atoms with van der Waals surface area (Å²) in [6.07, 6.45) is 2.71. The molecule has 168 valence electrons. The van der Waals surface area contributed by atoms with Crippen molar-refractivity contribution in [1.82, 2.24) is 14.8 Å². The van der Waals surface area contributed by atoms with E-state index in [4.69, 9.17) is 4.74 Å². The third kappa shape index (κ3) is 3.24. The molecule has 3 aliphatic rings. The van der Waals surface area contributed by atoms with Crippen LogP contribution in [0.4, 0.5) is 4.39 Å². The molecule has 0 amide bonds. The van der Waals surface area contributed by atoms with Gasteiger partial charge in [-0.2, -0.15) is 0 Å². The molecule has 1 aliphatic carbocycles. The van der Waals surface area contributed by atoms with E-state index in [0.717, 1.165) is 42.5 Å². The van der Waals surface area contributed by atoms with Crippen LogP contribution in [0.3, 0.4) is 0 Å². The summed E-state index contributed by atoms with van der Waals surface area (Å²) in [5.41, 5.74) is 4.13. The Morgan fingerprint density at radius 3 is 2.69 bits per heavy atom. The number of aromatic nitrogens is 1. The summed E-state index contributed by atoms with van der Waals surface area (Å²) in [6, 6.07) is 13.0. The number of H-pyrrole nitrogens is 1. The molecule has 2 aromatic carbocycles. The number of hydrogen-bond acceptors (Lipinski definition) is 4. The zero-order valence-electron chi connectivity index (χ0n) is 18.5. The quantitative estimate of drug-likeness (QED) is 0.618. The van der Waals surface area contributed by atoms with E-state index in [-0.39, 0.29) is 23.9 Å². The van der Waals surface area contributed by atoms with Crippen LogP contribution in [0.15, 0.2) is 42.5 Å². The Bertz CT molecular complexity index is 1150. The molecule has 0 radical (unpaired) electrons. The highest BCUT2D eigenvalue weighted by Gasteiger charge is 2.53. The van der Waals surface area contributed by atoms with Crippen LogP contribution >= 0.6 is 0 Å². The molecule has 1 saturated carbocycles. The number of halogens is 1. The average molecular weight is 436 g/mol. The molecular weight excluding hydrogens is 405 g/mol. The van der Waals surface area contributed by atoms with Gasteiger partial charge in [-0.05, 0) is 42.5 Å². The van der Waals surface area contributed by atoms with E-state index in [0.29, 0.717) is 12.1 Å². The normalized spacial score (nSPS) is 22.8. The van der Waals surface area contributed by atoms with Crippen LogP contribution in [0.25, 0.3) is 10.9 Å². The third-order valence-electron chi connectivity index (χ3n) is 7.61. The molecule has 5 nitrogen and oxygen atoms in total. The predicted molar refractivity (Wildman–Crippen MR) is 122 cm³/mol. The first-order valence-corrected chi connectivity index (χ1v) is 11.6. The average Bonchev–Trinajstić information content (AvgIpc) is 3.51. The molecular formula is C26H30FN3O2. The number of aliphatic hydroxyl groups is 1. The second-order valence-corrected chi connectivity index (χ2v) is 9.91. The van der Waals surface area contributed by atoms with Gasteiger partial charge in [0.25, 0.3) is 0 Å². The van der Waals surface area contributed by atoms with Gasteiger partial charge in [0.05, 0.1) is 19.8 Å². The van der Waals surface area contributed by atoms with Crippen molar-refractivity contribution >= 4 is 10.9 Å². The molecule has 0 bridgehead atoms. The minimum absolute atomic E-state index is 0.00596. The second-order valence-electron chi connectivity index (χ2n) is 9.91. The van der Waals surface area contributed by atoms with Crippen molar-refractivity contribution in [2.24, 2.45) is 5.92 Å². The van der Waals surface area contributed by atoms with Crippen molar-refractivity contribution in [3.05, 3.63) is 65.1 Å². The van der Waals surface area contributed by atoms with Crippen molar-refractivity contribution in [1.29, 1.82) is 0 Å². The molecule has 2 aliphatic heterocycles. The fourth-order valence-corrected chi connectivity index (χ4v) is 5.99. The fourth-order valence-electron chi connectivity index (χ4n) is 5.99. The maximum absolute atomic E-state index is 14.5. The topological polar surface area (TPSA) is 51.7 Å². The summed E-state index contributed by atoms with van der Waals surface area (Å²) in [5, 5.41) is 11.6. The van der Waals surface area contributed by atoms with Gasteiger partial charge in [-0.15, -0.1) is 0 Å². The van der Waals surface area contributed by atoms with Gasteiger partial charge < -0.3 is 19.7 Å². The molecule has 1 spiro atoms. The molecule has 32 heavy (non-hydrogen) atoms. The van der Waals surface area contributed by atoms with E-state index in [1.165, 1.54) is 36.4 Å². The zero-order chi connectivity index (χ0) is 21.9. The minimum Gasteiger partial charge on any atom is -0.497 e. The number of hydrogen-bond donors (Lipinski definition) is 2. The lowest BCUT2D eigenvalue weighted by Crippen LogP contribution is -2.66. The summed E-state index contributed by atoms with van der Waals surface area (Å²) in [5.74, 6) is 1.50. The number of nitrogens with zero attached hydrogens (tertiary/aromatic N) is 2. The minimum atomic E-state index is -0.189. The summed E-state index contributed by atoms with van der Waals surface area (Å²) >= 11 is 0. The van der Waals surface area contributed by atoms with Crippen molar-refractivity contribution < 1.29 is 14.2 Å². The van der Waals surface area contributed by atoms with Gasteiger partial charge in [0.1, 0.15) is 11.6 Å². The highest BCUT2D eigenvalue weighted by Crippen LogP contribution is 2.49. The highest BCUT2D eigenvalue weighted by atomic mass is 19.1. The van der Waals surface area contributed by atoms with Crippen LogP contribution < -0.4 is 4.74 Å². The Labute approximate surface area is 187 Å². The van der Waals surface area contributed by atoms with Gasteiger partial charge in [0.2, 0.25) is 0 Å². The third-order valence-corrected chi connectivity index (χ3v) is 7.61. The van der Waals surface area contributed by atoms with Crippen molar-refractivity contribution in [2.75, 3.05) is 39.9 Å². The number of nitrogens with one attached hydrogen (secondary N) is 1. The standard InChI is InChI=1S/C26H30FN3O2/c1-32-19-8-9-20-22(10-19)28-25-23(13-31)30(12-18-4-2-3-5-21(18)27)16-26(24(20)25)14-29(15-26)11-17-6-7-17/h2-5,8-10,17,23,28,31H,6-7,11-16H2,1H3/t23-/m1/s1. The first-order chi connectivity index (χ1) is 15.6. The predicted octanol–water partition coefficient (Wildman–Crippen LogP) is 3.83. The Morgan fingerprint density at radius 1 is 1.16 bits per heavy atom. The molecule has 0 unspecified atom stereocenters. The Morgan fingerprint density at radius 2 is 1.97 bits per heavy atom. The lowest BCUT2D eigenvalue weighted by atomic mass is 9.68. The summed E-state index contributed by atoms with van der Waals surface area (Å²) < 4.78 is 20.0. The highest BCUT2D eigenvalue weighted by molar-refractivity contribution is 5.88. The first-order valence-electron chi connectivity index (χ1n) is 11.6. The maximum atomic E-state index is 14.5.